The first-order valence-electron chi connectivity index (χ1n) is 9.88. The largest absolute Gasteiger partial charge is 0.0614 e. The monoisotopic (exact) mass is 356 g/mol. The Hall–Kier alpha value is -3.38. The Bertz CT molecular complexity index is 1440. The Labute approximate surface area is 164 Å². The molecule has 6 aromatic carbocycles. The van der Waals surface area contributed by atoms with Gasteiger partial charge >= 0.3 is 0 Å². The van der Waals surface area contributed by atoms with E-state index in [0.717, 1.165) is 0 Å². The molecule has 0 aliphatic carbocycles. The van der Waals surface area contributed by atoms with Gasteiger partial charge in [0, 0.05) is 0 Å². The summed E-state index contributed by atoms with van der Waals surface area (Å²) in [6.45, 7) is 4.46. The van der Waals surface area contributed by atoms with Crippen molar-refractivity contribution in [1.29, 1.82) is 0 Å². The predicted octanol–water partition coefficient (Wildman–Crippen LogP) is 8.07. The summed E-state index contributed by atoms with van der Waals surface area (Å²) in [5, 5.41) is 13.5. The Morgan fingerprint density at radius 2 is 0.607 bits per heavy atom. The highest BCUT2D eigenvalue weighted by Crippen LogP contribution is 2.40. The van der Waals surface area contributed by atoms with Gasteiger partial charge < -0.3 is 0 Å². The second kappa shape index (κ2) is 5.56. The van der Waals surface area contributed by atoms with E-state index in [-0.39, 0.29) is 0 Å². The van der Waals surface area contributed by atoms with Gasteiger partial charge in [-0.25, -0.2) is 0 Å². The molecule has 0 heteroatoms. The molecule has 132 valence electrons. The third kappa shape index (κ3) is 2.00. The Morgan fingerprint density at radius 3 is 0.964 bits per heavy atom. The van der Waals surface area contributed by atoms with Crippen LogP contribution in [0.15, 0.2) is 84.9 Å². The number of hydrogen-bond donors (Lipinski definition) is 0. The molecule has 0 unspecified atom stereocenters. The third-order valence-electron chi connectivity index (χ3n) is 6.25. The maximum Gasteiger partial charge on any atom is -0.00141 e. The number of hydrogen-bond acceptors (Lipinski definition) is 0. The summed E-state index contributed by atoms with van der Waals surface area (Å²) >= 11 is 0. The van der Waals surface area contributed by atoms with Gasteiger partial charge in [0.2, 0.25) is 0 Å². The summed E-state index contributed by atoms with van der Waals surface area (Å²) in [6.07, 6.45) is 0. The maximum absolute atomic E-state index is 2.28. The molecule has 0 nitrogen and oxygen atoms in total. The molecule has 0 saturated heterocycles. The average Bonchev–Trinajstić information content (AvgIpc) is 2.72. The number of aryl methyl sites for hydroxylation is 2. The molecule has 0 atom stereocenters. The molecule has 28 heavy (non-hydrogen) atoms. The molecule has 6 aromatic rings. The normalized spacial score (nSPS) is 11.9. The molecule has 0 N–H and O–H groups in total. The fourth-order valence-electron chi connectivity index (χ4n) is 4.97. The Morgan fingerprint density at radius 1 is 0.321 bits per heavy atom. The second-order valence-corrected chi connectivity index (χ2v) is 7.90. The standard InChI is InChI=1S/C28H20/c1-17-5-3-7-19-9-11-21-13-15-23-16-14-22-12-10-20-8-4-6-18(2)25(20)27(22)28(23)26(21)24(17)19/h3-16H,1-2H3. The van der Waals surface area contributed by atoms with Crippen molar-refractivity contribution in [2.75, 3.05) is 0 Å². The zero-order valence-corrected chi connectivity index (χ0v) is 16.1. The van der Waals surface area contributed by atoms with Gasteiger partial charge in [-0.15, -0.1) is 0 Å². The molecule has 0 fully saturated rings. The summed E-state index contributed by atoms with van der Waals surface area (Å²) < 4.78 is 0. The first-order chi connectivity index (χ1) is 13.7. The summed E-state index contributed by atoms with van der Waals surface area (Å²) in [5.41, 5.74) is 2.68. The molecule has 0 aliphatic rings. The molecule has 6 rings (SSSR count). The van der Waals surface area contributed by atoms with Gasteiger partial charge in [-0.3, -0.25) is 0 Å². The van der Waals surface area contributed by atoms with E-state index >= 15 is 0 Å². The zero-order valence-electron chi connectivity index (χ0n) is 16.1. The fourth-order valence-corrected chi connectivity index (χ4v) is 4.97. The number of fused-ring (bicyclic) bond motifs is 9. The van der Waals surface area contributed by atoms with Crippen LogP contribution >= 0.6 is 0 Å². The third-order valence-corrected chi connectivity index (χ3v) is 6.25. The van der Waals surface area contributed by atoms with Gasteiger partial charge in [0.25, 0.3) is 0 Å². The summed E-state index contributed by atoms with van der Waals surface area (Å²) in [4.78, 5) is 0. The molecule has 0 aromatic heterocycles. The van der Waals surface area contributed by atoms with Crippen molar-refractivity contribution in [2.45, 2.75) is 13.8 Å². The molecule has 0 amide bonds. The molecule has 0 radical (unpaired) electrons. The quantitative estimate of drug-likeness (QED) is 0.241. The van der Waals surface area contributed by atoms with Crippen LogP contribution in [0.5, 0.6) is 0 Å². The second-order valence-electron chi connectivity index (χ2n) is 7.90. The highest BCUT2D eigenvalue weighted by Gasteiger charge is 2.13. The number of benzene rings is 6. The van der Waals surface area contributed by atoms with Crippen molar-refractivity contribution in [1.82, 2.24) is 0 Å². The van der Waals surface area contributed by atoms with Crippen LogP contribution in [0.4, 0.5) is 0 Å². The predicted molar refractivity (Wildman–Crippen MR) is 123 cm³/mol. The topological polar surface area (TPSA) is 0 Å². The van der Waals surface area contributed by atoms with Gasteiger partial charge in [0.1, 0.15) is 0 Å². The smallest absolute Gasteiger partial charge is 0.00141 e. The van der Waals surface area contributed by atoms with Crippen molar-refractivity contribution in [3.8, 4) is 0 Å². The molecule has 0 heterocycles. The SMILES string of the molecule is Cc1cccc2ccc3ccc4ccc5ccc6cccc(C)c6c5c4c3c12. The summed E-state index contributed by atoms with van der Waals surface area (Å²) in [5.74, 6) is 0. The molecule has 0 spiro atoms. The van der Waals surface area contributed by atoms with Crippen LogP contribution in [-0.4, -0.2) is 0 Å². The average molecular weight is 356 g/mol. The van der Waals surface area contributed by atoms with E-state index in [1.807, 2.05) is 0 Å². The highest BCUT2D eigenvalue weighted by atomic mass is 14.2. The molecular weight excluding hydrogens is 336 g/mol. The minimum Gasteiger partial charge on any atom is -0.0614 e. The lowest BCUT2D eigenvalue weighted by molar-refractivity contribution is 1.54. The van der Waals surface area contributed by atoms with Crippen LogP contribution in [0.3, 0.4) is 0 Å². The van der Waals surface area contributed by atoms with E-state index in [2.05, 4.69) is 98.8 Å². The summed E-state index contributed by atoms with van der Waals surface area (Å²) in [7, 11) is 0. The van der Waals surface area contributed by atoms with E-state index in [0.29, 0.717) is 0 Å². The van der Waals surface area contributed by atoms with Gasteiger partial charge in [0.15, 0.2) is 0 Å². The van der Waals surface area contributed by atoms with Gasteiger partial charge in [0.05, 0.1) is 0 Å². The molecular formula is C28H20. The van der Waals surface area contributed by atoms with Crippen LogP contribution in [0.25, 0.3) is 53.9 Å². The first kappa shape index (κ1) is 15.7. The molecule has 0 saturated carbocycles. The lowest BCUT2D eigenvalue weighted by Gasteiger charge is -2.15. The van der Waals surface area contributed by atoms with Crippen LogP contribution < -0.4 is 0 Å². The van der Waals surface area contributed by atoms with E-state index in [4.69, 9.17) is 0 Å². The van der Waals surface area contributed by atoms with Crippen molar-refractivity contribution in [2.24, 2.45) is 0 Å². The van der Waals surface area contributed by atoms with Crippen molar-refractivity contribution < 1.29 is 0 Å². The van der Waals surface area contributed by atoms with E-state index in [1.165, 1.54) is 65.0 Å². The molecule has 0 aliphatic heterocycles. The highest BCUT2D eigenvalue weighted by molar-refractivity contribution is 6.32. The van der Waals surface area contributed by atoms with E-state index in [9.17, 15) is 0 Å². The molecule has 0 bridgehead atoms. The lowest BCUT2D eigenvalue weighted by Crippen LogP contribution is -1.88. The van der Waals surface area contributed by atoms with E-state index < -0.39 is 0 Å². The van der Waals surface area contributed by atoms with Crippen LogP contribution in [0.1, 0.15) is 11.1 Å². The lowest BCUT2D eigenvalue weighted by atomic mass is 9.88. The van der Waals surface area contributed by atoms with Crippen molar-refractivity contribution in [3.63, 3.8) is 0 Å². The minimum absolute atomic E-state index is 1.31. The van der Waals surface area contributed by atoms with Gasteiger partial charge in [-0.1, -0.05) is 84.9 Å². The van der Waals surface area contributed by atoms with Crippen molar-refractivity contribution in [3.05, 3.63) is 96.1 Å². The number of rotatable bonds is 0. The first-order valence-corrected chi connectivity index (χ1v) is 9.88. The Kier molecular flexibility index (Phi) is 3.11. The fraction of sp³-hybridized carbons (Fsp3) is 0.0714. The van der Waals surface area contributed by atoms with Gasteiger partial charge in [-0.05, 0) is 78.8 Å². The minimum atomic E-state index is 1.31. The van der Waals surface area contributed by atoms with Crippen LogP contribution in [0, 0.1) is 13.8 Å². The summed E-state index contributed by atoms with van der Waals surface area (Å²) in [6, 6.07) is 31.4. The van der Waals surface area contributed by atoms with Crippen LogP contribution in [-0.2, 0) is 0 Å². The van der Waals surface area contributed by atoms with Crippen LogP contribution in [0.2, 0.25) is 0 Å². The van der Waals surface area contributed by atoms with Gasteiger partial charge in [-0.2, -0.15) is 0 Å². The Balaban J connectivity index is 2.05. The zero-order chi connectivity index (χ0) is 18.8. The van der Waals surface area contributed by atoms with Crippen molar-refractivity contribution >= 4 is 53.9 Å². The van der Waals surface area contributed by atoms with E-state index in [1.54, 1.807) is 0 Å². The maximum atomic E-state index is 2.28.